The smallest absolute Gasteiger partial charge is 0.294 e. The second-order valence-corrected chi connectivity index (χ2v) is 10.1. The molecule has 190 valence electrons. The number of benzene rings is 3. The lowest BCUT2D eigenvalue weighted by Crippen LogP contribution is -2.36. The lowest BCUT2D eigenvalue weighted by atomic mass is 10.1. The number of ether oxygens (including phenoxy) is 2. The summed E-state index contributed by atoms with van der Waals surface area (Å²) in [7, 11) is 0. The molecule has 0 spiro atoms. The second-order valence-electron chi connectivity index (χ2n) is 8.70. The Morgan fingerprint density at radius 2 is 1.82 bits per heavy atom. The van der Waals surface area contributed by atoms with Gasteiger partial charge in [0.1, 0.15) is 6.54 Å². The topological polar surface area (TPSA) is 89.9 Å². The molecule has 8 nitrogen and oxygen atoms in total. The number of aromatic nitrogens is 1. The Balaban J connectivity index is 1.21. The van der Waals surface area contributed by atoms with Crippen molar-refractivity contribution in [3.63, 3.8) is 0 Å². The summed E-state index contributed by atoms with van der Waals surface area (Å²) in [4.78, 5) is 39.6. The Labute approximate surface area is 226 Å². The maximum Gasteiger partial charge on any atom is 0.294 e. The van der Waals surface area contributed by atoms with E-state index in [-0.39, 0.29) is 11.7 Å². The molecular formula is C28H20ClN3O5S. The lowest BCUT2D eigenvalue weighted by molar-refractivity contribution is -0.127. The van der Waals surface area contributed by atoms with Gasteiger partial charge in [-0.25, -0.2) is 0 Å². The van der Waals surface area contributed by atoms with Crippen LogP contribution >= 0.6 is 23.4 Å². The number of amides is 3. The van der Waals surface area contributed by atoms with Gasteiger partial charge < -0.3 is 19.4 Å². The predicted octanol–water partition coefficient (Wildman–Crippen LogP) is 5.75. The largest absolute Gasteiger partial charge is 0.454 e. The monoisotopic (exact) mass is 545 g/mol. The third-order valence-electron chi connectivity index (χ3n) is 6.24. The molecule has 0 atom stereocenters. The number of hydrogen-bond acceptors (Lipinski definition) is 6. The van der Waals surface area contributed by atoms with Crippen LogP contribution in [-0.4, -0.2) is 39.9 Å². The third-order valence-corrected chi connectivity index (χ3v) is 7.51. The zero-order chi connectivity index (χ0) is 26.2. The molecule has 0 unspecified atom stereocenters. The maximum atomic E-state index is 13.1. The highest BCUT2D eigenvalue weighted by Crippen LogP contribution is 2.36. The molecule has 3 aromatic carbocycles. The van der Waals surface area contributed by atoms with Crippen molar-refractivity contribution >= 4 is 63.1 Å². The highest BCUT2D eigenvalue weighted by molar-refractivity contribution is 8.18. The van der Waals surface area contributed by atoms with Gasteiger partial charge in [0.15, 0.2) is 11.5 Å². The minimum atomic E-state index is -0.510. The summed E-state index contributed by atoms with van der Waals surface area (Å²) in [5.74, 6) is 0.102. The summed E-state index contributed by atoms with van der Waals surface area (Å²) in [6.07, 6.45) is 3.64. The van der Waals surface area contributed by atoms with Gasteiger partial charge in [-0.1, -0.05) is 48.0 Å². The van der Waals surface area contributed by atoms with Gasteiger partial charge in [-0.15, -0.1) is 0 Å². The highest BCUT2D eigenvalue weighted by Gasteiger charge is 2.36. The van der Waals surface area contributed by atoms with Crippen LogP contribution in [-0.2, 0) is 16.1 Å². The van der Waals surface area contributed by atoms with Crippen molar-refractivity contribution in [3.05, 3.63) is 94.0 Å². The molecule has 3 heterocycles. The van der Waals surface area contributed by atoms with E-state index in [2.05, 4.69) is 9.88 Å². The fourth-order valence-electron chi connectivity index (χ4n) is 4.43. The number of rotatable bonds is 6. The van der Waals surface area contributed by atoms with Crippen LogP contribution in [0.2, 0.25) is 5.02 Å². The van der Waals surface area contributed by atoms with Crippen LogP contribution in [0.3, 0.4) is 0 Å². The molecule has 2 aliphatic heterocycles. The molecule has 0 bridgehead atoms. The molecular weight excluding hydrogens is 526 g/mol. The first-order chi connectivity index (χ1) is 18.5. The highest BCUT2D eigenvalue weighted by atomic mass is 35.5. The molecule has 3 amide bonds. The molecule has 38 heavy (non-hydrogen) atoms. The van der Waals surface area contributed by atoms with Gasteiger partial charge in [-0.3, -0.25) is 19.3 Å². The van der Waals surface area contributed by atoms with Crippen LogP contribution in [0.15, 0.2) is 77.8 Å². The summed E-state index contributed by atoms with van der Waals surface area (Å²) < 4.78 is 12.6. The zero-order valence-corrected chi connectivity index (χ0v) is 21.4. The van der Waals surface area contributed by atoms with Crippen LogP contribution in [0.25, 0.3) is 17.0 Å². The molecule has 1 fully saturated rings. The number of imide groups is 1. The first-order valence-electron chi connectivity index (χ1n) is 11.7. The van der Waals surface area contributed by atoms with Gasteiger partial charge in [0.05, 0.1) is 4.91 Å². The van der Waals surface area contributed by atoms with Gasteiger partial charge in [0.25, 0.3) is 11.1 Å². The molecule has 0 saturated carbocycles. The van der Waals surface area contributed by atoms with Crippen molar-refractivity contribution in [1.29, 1.82) is 0 Å². The molecule has 2 aliphatic rings. The Kier molecular flexibility index (Phi) is 6.30. The van der Waals surface area contributed by atoms with Crippen molar-refractivity contribution in [2.75, 3.05) is 18.7 Å². The number of carbonyl (C=O) groups is 3. The number of thioether (sulfide) groups is 1. The van der Waals surface area contributed by atoms with Crippen molar-refractivity contribution < 1.29 is 23.9 Å². The quantitative estimate of drug-likeness (QED) is 0.310. The van der Waals surface area contributed by atoms with Crippen LogP contribution in [0.5, 0.6) is 11.5 Å². The van der Waals surface area contributed by atoms with Gasteiger partial charge in [-0.05, 0) is 47.7 Å². The first kappa shape index (κ1) is 24.1. The Morgan fingerprint density at radius 3 is 2.68 bits per heavy atom. The fraction of sp³-hybridized carbons (Fsp3) is 0.107. The molecule has 0 aliphatic carbocycles. The molecule has 0 radical (unpaired) electrons. The van der Waals surface area contributed by atoms with E-state index in [4.69, 9.17) is 21.1 Å². The van der Waals surface area contributed by atoms with E-state index in [0.717, 1.165) is 38.7 Å². The van der Waals surface area contributed by atoms with Crippen LogP contribution in [0.4, 0.5) is 10.5 Å². The summed E-state index contributed by atoms with van der Waals surface area (Å²) in [6.45, 7) is 0.273. The number of para-hydroxylation sites is 1. The van der Waals surface area contributed by atoms with Crippen molar-refractivity contribution in [1.82, 2.24) is 9.47 Å². The number of anilines is 1. The molecule has 10 heteroatoms. The zero-order valence-electron chi connectivity index (χ0n) is 19.8. The van der Waals surface area contributed by atoms with E-state index in [1.54, 1.807) is 24.3 Å². The van der Waals surface area contributed by atoms with Crippen molar-refractivity contribution in [3.8, 4) is 11.5 Å². The minimum Gasteiger partial charge on any atom is -0.454 e. The summed E-state index contributed by atoms with van der Waals surface area (Å²) in [6, 6.07) is 20.4. The maximum absolute atomic E-state index is 13.1. The Hall–Kier alpha value is -4.21. The van der Waals surface area contributed by atoms with Crippen LogP contribution in [0, 0.1) is 0 Å². The number of nitrogens with zero attached hydrogens (tertiary/aromatic N) is 2. The minimum absolute atomic E-state index is 0.120. The predicted molar refractivity (Wildman–Crippen MR) is 146 cm³/mol. The summed E-state index contributed by atoms with van der Waals surface area (Å²) in [5.41, 5.74) is 3.22. The number of carbonyl (C=O) groups excluding carboxylic acids is 3. The number of halogens is 1. The second kappa shape index (κ2) is 9.92. The van der Waals surface area contributed by atoms with E-state index in [1.165, 1.54) is 0 Å². The van der Waals surface area contributed by atoms with Gasteiger partial charge >= 0.3 is 0 Å². The molecule has 1 aromatic heterocycles. The number of fused-ring (bicyclic) bond motifs is 2. The average Bonchev–Trinajstić information content (AvgIpc) is 3.58. The first-order valence-corrected chi connectivity index (χ1v) is 12.9. The number of nitrogens with one attached hydrogen (secondary N) is 1. The van der Waals surface area contributed by atoms with E-state index >= 15 is 0 Å². The molecule has 4 aromatic rings. The van der Waals surface area contributed by atoms with E-state index < -0.39 is 23.6 Å². The van der Waals surface area contributed by atoms with Gasteiger partial charge in [0.2, 0.25) is 12.7 Å². The fourth-order valence-corrected chi connectivity index (χ4v) is 5.45. The van der Waals surface area contributed by atoms with E-state index in [1.807, 2.05) is 54.7 Å². The molecule has 1 saturated heterocycles. The number of hydrogen-bond donors (Lipinski definition) is 1. The molecule has 1 N–H and O–H groups in total. The van der Waals surface area contributed by atoms with Crippen molar-refractivity contribution in [2.24, 2.45) is 0 Å². The average molecular weight is 546 g/mol. The summed E-state index contributed by atoms with van der Waals surface area (Å²) >= 11 is 7.19. The van der Waals surface area contributed by atoms with Crippen LogP contribution < -0.4 is 14.8 Å². The lowest BCUT2D eigenvalue weighted by Gasteiger charge is -2.12. The van der Waals surface area contributed by atoms with E-state index in [0.29, 0.717) is 28.8 Å². The van der Waals surface area contributed by atoms with Gasteiger partial charge in [0, 0.05) is 46.0 Å². The molecule has 6 rings (SSSR count). The third kappa shape index (κ3) is 4.62. The van der Waals surface area contributed by atoms with Crippen molar-refractivity contribution in [2.45, 2.75) is 6.54 Å². The SMILES string of the molecule is O=C(CN1C(=O)S/C(=C/c2cn(Cc3ccccc3Cl)c3ccccc23)C1=O)Nc1ccc2c(c1)OCO2. The normalized spacial score (nSPS) is 15.6. The van der Waals surface area contributed by atoms with E-state index in [9.17, 15) is 14.4 Å². The standard InChI is InChI=1S/C28H20ClN3O5S/c29-21-7-3-1-5-17(21)13-31-14-18(20-6-2-4-8-22(20)31)11-25-27(34)32(28(35)38-25)15-26(33)30-19-9-10-23-24(12-19)37-16-36-23/h1-12,14H,13,15-16H2,(H,30,33)/b25-11+. The summed E-state index contributed by atoms with van der Waals surface area (Å²) in [5, 5.41) is 3.81. The van der Waals surface area contributed by atoms with Gasteiger partial charge in [-0.2, -0.15) is 0 Å². The van der Waals surface area contributed by atoms with Crippen LogP contribution in [0.1, 0.15) is 11.1 Å². The Bertz CT molecular complexity index is 1650. The Morgan fingerprint density at radius 1 is 1.03 bits per heavy atom.